The van der Waals surface area contributed by atoms with Crippen molar-refractivity contribution in [1.82, 2.24) is 5.32 Å². The summed E-state index contributed by atoms with van der Waals surface area (Å²) in [5.74, 6) is -2.07. The van der Waals surface area contributed by atoms with Crippen LogP contribution in [-0.4, -0.2) is 38.6 Å². The third kappa shape index (κ3) is 3.52. The van der Waals surface area contributed by atoms with Gasteiger partial charge in [-0.25, -0.2) is 8.42 Å². The summed E-state index contributed by atoms with van der Waals surface area (Å²) in [6, 6.07) is 15.2. The summed E-state index contributed by atoms with van der Waals surface area (Å²) < 4.78 is 31.7. The maximum atomic E-state index is 13.4. The van der Waals surface area contributed by atoms with Crippen molar-refractivity contribution in [2.75, 3.05) is 7.11 Å². The van der Waals surface area contributed by atoms with Crippen molar-refractivity contribution in [2.24, 2.45) is 5.92 Å². The van der Waals surface area contributed by atoms with Crippen molar-refractivity contribution in [1.29, 1.82) is 0 Å². The molecule has 0 bridgehead atoms. The number of esters is 1. The number of methoxy groups -OCH3 is 1. The Balaban J connectivity index is 2.17. The largest absolute Gasteiger partial charge is 0.468 e. The molecular weight excluding hydrogens is 366 g/mol. The summed E-state index contributed by atoms with van der Waals surface area (Å²) >= 11 is 0. The van der Waals surface area contributed by atoms with Gasteiger partial charge in [-0.05, 0) is 24.6 Å². The molecule has 1 aliphatic heterocycles. The summed E-state index contributed by atoms with van der Waals surface area (Å²) in [7, 11) is -2.68. The van der Waals surface area contributed by atoms with Crippen LogP contribution in [0.4, 0.5) is 0 Å². The third-order valence-electron chi connectivity index (χ3n) is 4.91. The zero-order valence-electron chi connectivity index (χ0n) is 15.0. The first kappa shape index (κ1) is 19.3. The number of ether oxygens (including phenoxy) is 1. The molecule has 1 saturated heterocycles. The van der Waals surface area contributed by atoms with E-state index in [1.54, 1.807) is 42.5 Å². The van der Waals surface area contributed by atoms with Gasteiger partial charge in [-0.1, -0.05) is 48.5 Å². The molecule has 3 rings (SSSR count). The second-order valence-electron chi connectivity index (χ2n) is 6.51. The molecule has 0 spiro atoms. The summed E-state index contributed by atoms with van der Waals surface area (Å²) in [6.07, 6.45) is 0. The highest BCUT2D eigenvalue weighted by atomic mass is 32.2. The second kappa shape index (κ2) is 7.62. The quantitative estimate of drug-likeness (QED) is 0.789. The summed E-state index contributed by atoms with van der Waals surface area (Å²) in [5, 5.41) is 1.92. The standard InChI is InChI=1S/C20H21NO5S/c1-13(22)16-18(20(23)26-2)21-17(14-9-5-3-6-10-14)19(16)27(24,25)15-11-7-4-8-12-15/h3-12,16-19,21H,1-2H3/t16-,17-,18-,19+/m1/s1. The number of nitrogens with one attached hydrogen (secondary N) is 1. The van der Waals surface area contributed by atoms with Crippen LogP contribution in [0.25, 0.3) is 0 Å². The zero-order valence-corrected chi connectivity index (χ0v) is 15.8. The minimum Gasteiger partial charge on any atom is -0.468 e. The van der Waals surface area contributed by atoms with Gasteiger partial charge in [0.1, 0.15) is 11.8 Å². The number of ketones is 1. The molecule has 1 aliphatic rings. The van der Waals surface area contributed by atoms with Gasteiger partial charge in [0.2, 0.25) is 0 Å². The number of carbonyl (C=O) groups excluding carboxylic acids is 2. The summed E-state index contributed by atoms with van der Waals surface area (Å²) in [5.41, 5.74) is 0.694. The number of carbonyl (C=O) groups is 2. The molecule has 2 aromatic rings. The molecule has 0 aromatic heterocycles. The van der Waals surface area contributed by atoms with Crippen molar-refractivity contribution in [3.8, 4) is 0 Å². The predicted octanol–water partition coefficient (Wildman–Crippen LogP) is 1.92. The Morgan fingerprint density at radius 3 is 2.04 bits per heavy atom. The van der Waals surface area contributed by atoms with Crippen LogP contribution < -0.4 is 5.32 Å². The Bertz CT molecular complexity index is 927. The molecule has 2 aromatic carbocycles. The molecule has 1 heterocycles. The monoisotopic (exact) mass is 387 g/mol. The first-order chi connectivity index (χ1) is 12.9. The van der Waals surface area contributed by atoms with Crippen LogP contribution in [0.1, 0.15) is 18.5 Å². The number of sulfone groups is 1. The lowest BCUT2D eigenvalue weighted by Gasteiger charge is -2.23. The Labute approximate surface area is 158 Å². The van der Waals surface area contributed by atoms with Crippen molar-refractivity contribution in [3.05, 3.63) is 66.2 Å². The molecule has 7 heteroatoms. The van der Waals surface area contributed by atoms with Crippen LogP contribution in [0.15, 0.2) is 65.6 Å². The van der Waals surface area contributed by atoms with E-state index < -0.39 is 39.1 Å². The fourth-order valence-electron chi connectivity index (χ4n) is 3.68. The highest BCUT2D eigenvalue weighted by Crippen LogP contribution is 2.40. The summed E-state index contributed by atoms with van der Waals surface area (Å²) in [4.78, 5) is 24.8. The average Bonchev–Trinajstić information content (AvgIpc) is 3.10. The molecule has 1 N–H and O–H groups in total. The fourth-order valence-corrected chi connectivity index (χ4v) is 5.86. The molecule has 0 amide bonds. The molecule has 0 aliphatic carbocycles. The van der Waals surface area contributed by atoms with E-state index in [0.717, 1.165) is 0 Å². The second-order valence-corrected chi connectivity index (χ2v) is 8.62. The highest BCUT2D eigenvalue weighted by Gasteiger charge is 2.55. The molecular formula is C20H21NO5S. The number of benzene rings is 2. The van der Waals surface area contributed by atoms with E-state index in [9.17, 15) is 18.0 Å². The van der Waals surface area contributed by atoms with Crippen molar-refractivity contribution in [3.63, 3.8) is 0 Å². The Hall–Kier alpha value is -2.51. The minimum absolute atomic E-state index is 0.120. The van der Waals surface area contributed by atoms with Gasteiger partial charge in [-0.3, -0.25) is 14.9 Å². The molecule has 27 heavy (non-hydrogen) atoms. The average molecular weight is 387 g/mol. The van der Waals surface area contributed by atoms with Crippen LogP contribution in [0.2, 0.25) is 0 Å². The van der Waals surface area contributed by atoms with Gasteiger partial charge >= 0.3 is 5.97 Å². The van der Waals surface area contributed by atoms with Gasteiger partial charge in [-0.2, -0.15) is 0 Å². The predicted molar refractivity (Wildman–Crippen MR) is 99.7 cm³/mol. The Morgan fingerprint density at radius 1 is 0.963 bits per heavy atom. The number of hydrogen-bond acceptors (Lipinski definition) is 6. The van der Waals surface area contributed by atoms with E-state index in [0.29, 0.717) is 5.56 Å². The van der Waals surface area contributed by atoms with Crippen LogP contribution in [-0.2, 0) is 24.2 Å². The van der Waals surface area contributed by atoms with Crippen LogP contribution >= 0.6 is 0 Å². The maximum Gasteiger partial charge on any atom is 0.323 e. The number of rotatable bonds is 5. The van der Waals surface area contributed by atoms with E-state index in [1.165, 1.54) is 26.2 Å². The normalized spacial score (nSPS) is 25.1. The van der Waals surface area contributed by atoms with E-state index in [2.05, 4.69) is 5.32 Å². The van der Waals surface area contributed by atoms with E-state index in [1.807, 2.05) is 6.07 Å². The van der Waals surface area contributed by atoms with Crippen LogP contribution in [0.5, 0.6) is 0 Å². The van der Waals surface area contributed by atoms with Gasteiger partial charge in [0.15, 0.2) is 9.84 Å². The number of hydrogen-bond donors (Lipinski definition) is 1. The highest BCUT2D eigenvalue weighted by molar-refractivity contribution is 7.92. The van der Waals surface area contributed by atoms with E-state index in [-0.39, 0.29) is 10.7 Å². The van der Waals surface area contributed by atoms with Crippen LogP contribution in [0.3, 0.4) is 0 Å². The Kier molecular flexibility index (Phi) is 5.43. The van der Waals surface area contributed by atoms with Crippen molar-refractivity contribution < 1.29 is 22.7 Å². The van der Waals surface area contributed by atoms with Gasteiger partial charge in [-0.15, -0.1) is 0 Å². The van der Waals surface area contributed by atoms with Gasteiger partial charge < -0.3 is 4.74 Å². The molecule has 6 nitrogen and oxygen atoms in total. The smallest absolute Gasteiger partial charge is 0.323 e. The SMILES string of the molecule is COC(=O)[C@@H]1N[C@H](c2ccccc2)[C@@H](S(=O)(=O)c2ccccc2)[C@@H]1C(C)=O. The minimum atomic E-state index is -3.90. The van der Waals surface area contributed by atoms with Crippen molar-refractivity contribution >= 4 is 21.6 Å². The van der Waals surface area contributed by atoms with Gasteiger partial charge in [0.05, 0.1) is 29.2 Å². The van der Waals surface area contributed by atoms with Crippen molar-refractivity contribution in [2.45, 2.75) is 29.2 Å². The van der Waals surface area contributed by atoms with Crippen LogP contribution in [0, 0.1) is 5.92 Å². The lowest BCUT2D eigenvalue weighted by Crippen LogP contribution is -2.42. The lowest BCUT2D eigenvalue weighted by atomic mass is 9.92. The first-order valence-electron chi connectivity index (χ1n) is 8.56. The molecule has 142 valence electrons. The molecule has 0 unspecified atom stereocenters. The maximum absolute atomic E-state index is 13.4. The molecule has 0 saturated carbocycles. The topological polar surface area (TPSA) is 89.5 Å². The zero-order chi connectivity index (χ0) is 19.6. The van der Waals surface area contributed by atoms with Gasteiger partial charge in [0, 0.05) is 0 Å². The van der Waals surface area contributed by atoms with E-state index in [4.69, 9.17) is 4.74 Å². The Morgan fingerprint density at radius 2 is 1.52 bits per heavy atom. The molecule has 1 fully saturated rings. The third-order valence-corrected chi connectivity index (χ3v) is 7.13. The first-order valence-corrected chi connectivity index (χ1v) is 10.1. The fraction of sp³-hybridized carbons (Fsp3) is 0.300. The van der Waals surface area contributed by atoms with Gasteiger partial charge in [0.25, 0.3) is 0 Å². The number of Topliss-reactive ketones (excluding diaryl/α,β-unsaturated/α-hetero) is 1. The van der Waals surface area contributed by atoms with E-state index >= 15 is 0 Å². The lowest BCUT2D eigenvalue weighted by molar-refractivity contribution is -0.145. The summed E-state index contributed by atoms with van der Waals surface area (Å²) in [6.45, 7) is 1.31. The molecule has 0 radical (unpaired) electrons. The molecule has 4 atom stereocenters.